The highest BCUT2D eigenvalue weighted by Gasteiger charge is 2.27. The number of nitrogens with zero attached hydrogens (tertiary/aromatic N) is 3. The van der Waals surface area contributed by atoms with Crippen LogP contribution in [0.4, 0.5) is 11.4 Å². The number of hydrogen-bond acceptors (Lipinski definition) is 4. The summed E-state index contributed by atoms with van der Waals surface area (Å²) in [4.78, 5) is 25.6. The molecule has 0 bridgehead atoms. The van der Waals surface area contributed by atoms with E-state index in [2.05, 4.69) is 46.0 Å². The average molecular weight is 508 g/mol. The number of imidazole rings is 1. The van der Waals surface area contributed by atoms with Gasteiger partial charge in [0.05, 0.1) is 26.8 Å². The molecule has 0 radical (unpaired) electrons. The third-order valence-corrected chi connectivity index (χ3v) is 7.41. The van der Waals surface area contributed by atoms with Gasteiger partial charge in [-0.1, -0.05) is 35.3 Å². The summed E-state index contributed by atoms with van der Waals surface area (Å²) in [6.07, 6.45) is 0. The van der Waals surface area contributed by atoms with Crippen molar-refractivity contribution in [2.24, 2.45) is 0 Å². The van der Waals surface area contributed by atoms with Crippen molar-refractivity contribution in [3.8, 4) is 11.4 Å². The summed E-state index contributed by atoms with van der Waals surface area (Å²) in [5.74, 6) is 0.409. The number of piperazine rings is 1. The van der Waals surface area contributed by atoms with Crippen molar-refractivity contribution in [3.05, 3.63) is 76.3 Å². The van der Waals surface area contributed by atoms with Crippen molar-refractivity contribution in [2.45, 2.75) is 25.9 Å². The van der Waals surface area contributed by atoms with E-state index < -0.39 is 0 Å². The number of anilines is 2. The first-order valence-corrected chi connectivity index (χ1v) is 12.4. The maximum Gasteiger partial charge on any atom is 0.255 e. The normalized spacial score (nSPS) is 18.7. The van der Waals surface area contributed by atoms with Crippen LogP contribution >= 0.6 is 23.2 Å². The Morgan fingerprint density at radius 1 is 1.00 bits per heavy atom. The molecule has 1 fully saturated rings. The van der Waals surface area contributed by atoms with Gasteiger partial charge in [0.15, 0.2) is 0 Å². The van der Waals surface area contributed by atoms with Crippen LogP contribution in [0.15, 0.2) is 60.7 Å². The van der Waals surface area contributed by atoms with Crippen LogP contribution in [-0.2, 0) is 0 Å². The zero-order chi connectivity index (χ0) is 24.7. The van der Waals surface area contributed by atoms with Crippen molar-refractivity contribution in [1.82, 2.24) is 14.9 Å². The number of H-pyrrole nitrogens is 1. The van der Waals surface area contributed by atoms with Crippen LogP contribution in [-0.4, -0.2) is 53.0 Å². The van der Waals surface area contributed by atoms with Crippen LogP contribution in [0.5, 0.6) is 0 Å². The Morgan fingerprint density at radius 2 is 1.74 bits per heavy atom. The number of nitrogens with one attached hydrogen (secondary N) is 2. The Hall–Kier alpha value is -3.06. The van der Waals surface area contributed by atoms with Crippen LogP contribution in [0, 0.1) is 0 Å². The van der Waals surface area contributed by atoms with E-state index >= 15 is 0 Å². The maximum absolute atomic E-state index is 13.0. The van der Waals surface area contributed by atoms with E-state index in [0.29, 0.717) is 44.8 Å². The van der Waals surface area contributed by atoms with Crippen LogP contribution in [0.25, 0.3) is 22.4 Å². The van der Waals surface area contributed by atoms with E-state index in [-0.39, 0.29) is 5.91 Å². The number of fused-ring (bicyclic) bond motifs is 1. The molecule has 2 heterocycles. The molecule has 180 valence electrons. The molecule has 5 rings (SSSR count). The number of hydrogen-bond donors (Lipinski definition) is 2. The second-order valence-electron chi connectivity index (χ2n) is 9.19. The van der Waals surface area contributed by atoms with Gasteiger partial charge in [-0.25, -0.2) is 4.98 Å². The van der Waals surface area contributed by atoms with Crippen LogP contribution in [0.1, 0.15) is 24.2 Å². The molecule has 2 N–H and O–H groups in total. The second-order valence-corrected chi connectivity index (χ2v) is 10.0. The lowest BCUT2D eigenvalue weighted by molar-refractivity contribution is 0.102. The number of amides is 1. The van der Waals surface area contributed by atoms with Crippen molar-refractivity contribution in [3.63, 3.8) is 0 Å². The third-order valence-electron chi connectivity index (χ3n) is 6.78. The number of halogens is 2. The van der Waals surface area contributed by atoms with Gasteiger partial charge in [-0.15, -0.1) is 0 Å². The molecule has 8 heteroatoms. The van der Waals surface area contributed by atoms with Gasteiger partial charge in [0, 0.05) is 42.0 Å². The summed E-state index contributed by atoms with van der Waals surface area (Å²) in [5.41, 5.74) is 4.56. The highest BCUT2D eigenvalue weighted by Crippen LogP contribution is 2.32. The molecule has 6 nitrogen and oxygen atoms in total. The van der Waals surface area contributed by atoms with Gasteiger partial charge in [-0.2, -0.15) is 0 Å². The molecule has 0 spiro atoms. The first kappa shape index (κ1) is 23.7. The number of benzene rings is 3. The standard InChI is InChI=1S/C27H27Cl2N5O/c1-16-14-34(15-17(2)33(16)3)25-11-8-18(12-22(25)29)27(35)30-19-9-10-21(28)20(13-19)26-31-23-6-4-5-7-24(23)32-26/h4-13,16-17H,14-15H2,1-3H3,(H,30,35)(H,31,32)/t16-,17+. The lowest BCUT2D eigenvalue weighted by atomic mass is 10.1. The monoisotopic (exact) mass is 507 g/mol. The lowest BCUT2D eigenvalue weighted by Gasteiger charge is -2.43. The molecule has 0 saturated carbocycles. The highest BCUT2D eigenvalue weighted by atomic mass is 35.5. The number of carbonyl (C=O) groups is 1. The van der Waals surface area contributed by atoms with E-state index in [9.17, 15) is 4.79 Å². The molecule has 0 unspecified atom stereocenters. The molecule has 4 aromatic rings. The fraction of sp³-hybridized carbons (Fsp3) is 0.259. The predicted octanol–water partition coefficient (Wildman–Crippen LogP) is 6.32. The zero-order valence-electron chi connectivity index (χ0n) is 19.8. The number of aromatic nitrogens is 2. The number of likely N-dealkylation sites (N-methyl/N-ethyl adjacent to an activating group) is 1. The van der Waals surface area contributed by atoms with Gasteiger partial charge in [-0.3, -0.25) is 9.69 Å². The largest absolute Gasteiger partial charge is 0.367 e. The van der Waals surface area contributed by atoms with Crippen molar-refractivity contribution >= 4 is 51.5 Å². The predicted molar refractivity (Wildman–Crippen MR) is 145 cm³/mol. The summed E-state index contributed by atoms with van der Waals surface area (Å²) in [6, 6.07) is 19.5. The third kappa shape index (κ3) is 4.74. The van der Waals surface area contributed by atoms with E-state index in [1.165, 1.54) is 0 Å². The van der Waals surface area contributed by atoms with Crippen molar-refractivity contribution < 1.29 is 4.79 Å². The molecule has 0 aliphatic carbocycles. The first-order valence-electron chi connectivity index (χ1n) is 11.6. The number of aromatic amines is 1. The minimum absolute atomic E-state index is 0.239. The molecule has 2 atom stereocenters. The van der Waals surface area contributed by atoms with Gasteiger partial charge >= 0.3 is 0 Å². The second kappa shape index (κ2) is 9.53. The molecule has 1 amide bonds. The van der Waals surface area contributed by atoms with Crippen LogP contribution < -0.4 is 10.2 Å². The molecule has 3 aromatic carbocycles. The fourth-order valence-corrected chi connectivity index (χ4v) is 5.08. The minimum atomic E-state index is -0.239. The Labute approximate surface area is 214 Å². The van der Waals surface area contributed by atoms with Gasteiger partial charge < -0.3 is 15.2 Å². The Morgan fingerprint density at radius 3 is 2.46 bits per heavy atom. The van der Waals surface area contributed by atoms with Gasteiger partial charge in [-0.05, 0) is 69.4 Å². The van der Waals surface area contributed by atoms with Crippen molar-refractivity contribution in [1.29, 1.82) is 0 Å². The number of rotatable bonds is 4. The number of para-hydroxylation sites is 2. The van der Waals surface area contributed by atoms with E-state index in [1.54, 1.807) is 18.2 Å². The maximum atomic E-state index is 13.0. The SMILES string of the molecule is C[C@@H]1CN(c2ccc(C(=O)Nc3ccc(Cl)c(-c4nc5ccccc5[nH]4)c3)cc2Cl)C[C@H](C)N1C. The quantitative estimate of drug-likeness (QED) is 0.339. The summed E-state index contributed by atoms with van der Waals surface area (Å²) in [5, 5.41) is 4.07. The van der Waals surface area contributed by atoms with Gasteiger partial charge in [0.25, 0.3) is 5.91 Å². The lowest BCUT2D eigenvalue weighted by Crippen LogP contribution is -2.55. The fourth-order valence-electron chi connectivity index (χ4n) is 4.57. The van der Waals surface area contributed by atoms with Crippen LogP contribution in [0.3, 0.4) is 0 Å². The first-order chi connectivity index (χ1) is 16.8. The molecular weight excluding hydrogens is 481 g/mol. The minimum Gasteiger partial charge on any atom is -0.367 e. The topological polar surface area (TPSA) is 64.3 Å². The van der Waals surface area contributed by atoms with Gasteiger partial charge in [0.1, 0.15) is 5.82 Å². The summed E-state index contributed by atoms with van der Waals surface area (Å²) >= 11 is 13.1. The smallest absolute Gasteiger partial charge is 0.255 e. The van der Waals surface area contributed by atoms with Crippen LogP contribution in [0.2, 0.25) is 10.0 Å². The Kier molecular flexibility index (Phi) is 6.45. The highest BCUT2D eigenvalue weighted by molar-refractivity contribution is 6.34. The zero-order valence-corrected chi connectivity index (χ0v) is 21.4. The number of carbonyl (C=O) groups excluding carboxylic acids is 1. The average Bonchev–Trinajstić information content (AvgIpc) is 3.27. The summed E-state index contributed by atoms with van der Waals surface area (Å²) < 4.78 is 0. The van der Waals surface area contributed by atoms with E-state index in [4.69, 9.17) is 23.2 Å². The molecule has 1 saturated heterocycles. The Bertz CT molecular complexity index is 1360. The molecule has 35 heavy (non-hydrogen) atoms. The molecule has 1 aliphatic heterocycles. The van der Waals surface area contributed by atoms with E-state index in [0.717, 1.165) is 29.8 Å². The molecular formula is C27H27Cl2N5O. The van der Waals surface area contributed by atoms with E-state index in [1.807, 2.05) is 42.5 Å². The molecule has 1 aromatic heterocycles. The van der Waals surface area contributed by atoms with Gasteiger partial charge in [0.2, 0.25) is 0 Å². The summed E-state index contributed by atoms with van der Waals surface area (Å²) in [7, 11) is 2.15. The Balaban J connectivity index is 1.35. The summed E-state index contributed by atoms with van der Waals surface area (Å²) in [6.45, 7) is 6.21. The van der Waals surface area contributed by atoms with Crippen molar-refractivity contribution in [2.75, 3.05) is 30.4 Å². The molecule has 1 aliphatic rings.